The third-order valence-electron chi connectivity index (χ3n) is 2.17. The largest absolute Gasteiger partial charge is 0.369 e. The lowest BCUT2D eigenvalue weighted by Gasteiger charge is -2.36. The van der Waals surface area contributed by atoms with Gasteiger partial charge in [-0.05, 0) is 27.2 Å². The molecule has 0 radical (unpaired) electrons. The molecule has 0 aromatic rings. The van der Waals surface area contributed by atoms with Gasteiger partial charge in [0.2, 0.25) is 6.41 Å². The lowest BCUT2D eigenvalue weighted by atomic mass is 10.0. The van der Waals surface area contributed by atoms with Crippen LogP contribution in [0.25, 0.3) is 0 Å². The van der Waals surface area contributed by atoms with Crippen LogP contribution in [-0.2, 0) is 9.53 Å². The van der Waals surface area contributed by atoms with Crippen LogP contribution in [-0.4, -0.2) is 42.3 Å². The molecule has 82 valence electrons. The number of likely N-dealkylation sites (tertiary alicyclic amines) is 1. The standard InChI is InChI=1S/C10H18FNO2/c1-10(2,3)14-9-4-5-12(7-13)6-8(9)11/h7-9H,4-6H2,1-3H3/t8-,9?/m1/s1. The summed E-state index contributed by atoms with van der Waals surface area (Å²) >= 11 is 0. The number of carbonyl (C=O) groups excluding carboxylic acids is 1. The highest BCUT2D eigenvalue weighted by molar-refractivity contribution is 5.47. The first-order valence-electron chi connectivity index (χ1n) is 4.93. The van der Waals surface area contributed by atoms with Crippen molar-refractivity contribution in [3.63, 3.8) is 0 Å². The van der Waals surface area contributed by atoms with Crippen LogP contribution in [0.1, 0.15) is 27.2 Å². The van der Waals surface area contributed by atoms with E-state index in [1.165, 1.54) is 4.90 Å². The zero-order valence-corrected chi connectivity index (χ0v) is 9.00. The van der Waals surface area contributed by atoms with Crippen LogP contribution in [0.3, 0.4) is 0 Å². The Morgan fingerprint density at radius 3 is 2.57 bits per heavy atom. The lowest BCUT2D eigenvalue weighted by molar-refractivity contribution is -0.133. The van der Waals surface area contributed by atoms with E-state index in [4.69, 9.17) is 4.74 Å². The van der Waals surface area contributed by atoms with Crippen LogP contribution in [0, 0.1) is 0 Å². The third-order valence-corrected chi connectivity index (χ3v) is 2.17. The fourth-order valence-corrected chi connectivity index (χ4v) is 1.59. The van der Waals surface area contributed by atoms with Gasteiger partial charge < -0.3 is 9.64 Å². The monoisotopic (exact) mass is 203 g/mol. The van der Waals surface area contributed by atoms with E-state index in [1.807, 2.05) is 20.8 Å². The van der Waals surface area contributed by atoms with Crippen molar-refractivity contribution in [1.82, 2.24) is 4.90 Å². The minimum atomic E-state index is -1.06. The normalized spacial score (nSPS) is 29.0. The average molecular weight is 203 g/mol. The van der Waals surface area contributed by atoms with Crippen molar-refractivity contribution in [2.45, 2.75) is 45.1 Å². The van der Waals surface area contributed by atoms with E-state index < -0.39 is 6.17 Å². The van der Waals surface area contributed by atoms with Crippen molar-refractivity contribution in [1.29, 1.82) is 0 Å². The average Bonchev–Trinajstić information content (AvgIpc) is 2.06. The molecule has 3 nitrogen and oxygen atoms in total. The molecule has 0 spiro atoms. The molecule has 0 aliphatic carbocycles. The van der Waals surface area contributed by atoms with Crippen LogP contribution < -0.4 is 0 Å². The predicted molar refractivity (Wildman–Crippen MR) is 51.8 cm³/mol. The molecule has 0 saturated carbocycles. The van der Waals surface area contributed by atoms with Crippen molar-refractivity contribution < 1.29 is 13.9 Å². The van der Waals surface area contributed by atoms with Gasteiger partial charge in [0.15, 0.2) is 0 Å². The summed E-state index contributed by atoms with van der Waals surface area (Å²) < 4.78 is 19.1. The topological polar surface area (TPSA) is 29.5 Å². The Bertz CT molecular complexity index is 203. The Hall–Kier alpha value is -0.640. The number of amides is 1. The number of hydrogen-bond donors (Lipinski definition) is 0. The maximum atomic E-state index is 13.5. The molecule has 0 bridgehead atoms. The van der Waals surface area contributed by atoms with E-state index in [1.54, 1.807) is 0 Å². The first-order chi connectivity index (χ1) is 6.42. The first-order valence-corrected chi connectivity index (χ1v) is 4.93. The summed E-state index contributed by atoms with van der Waals surface area (Å²) in [6.07, 6.45) is -0.156. The van der Waals surface area contributed by atoms with E-state index >= 15 is 0 Å². The van der Waals surface area contributed by atoms with Crippen molar-refractivity contribution in [3.05, 3.63) is 0 Å². The van der Waals surface area contributed by atoms with Gasteiger partial charge in [0, 0.05) is 6.54 Å². The highest BCUT2D eigenvalue weighted by Gasteiger charge is 2.32. The molecule has 0 aromatic carbocycles. The van der Waals surface area contributed by atoms with Crippen LogP contribution in [0.5, 0.6) is 0 Å². The maximum Gasteiger partial charge on any atom is 0.209 e. The summed E-state index contributed by atoms with van der Waals surface area (Å²) in [5, 5.41) is 0. The summed E-state index contributed by atoms with van der Waals surface area (Å²) in [5.41, 5.74) is -0.321. The van der Waals surface area contributed by atoms with Gasteiger partial charge in [-0.2, -0.15) is 0 Å². The van der Waals surface area contributed by atoms with Crippen LogP contribution in [0.15, 0.2) is 0 Å². The highest BCUT2D eigenvalue weighted by Crippen LogP contribution is 2.21. The van der Waals surface area contributed by atoms with E-state index in [-0.39, 0.29) is 18.2 Å². The molecular weight excluding hydrogens is 185 g/mol. The molecule has 1 aliphatic heterocycles. The summed E-state index contributed by atoms with van der Waals surface area (Å²) in [4.78, 5) is 11.9. The van der Waals surface area contributed by atoms with Gasteiger partial charge in [-0.3, -0.25) is 4.79 Å². The van der Waals surface area contributed by atoms with Crippen molar-refractivity contribution in [2.75, 3.05) is 13.1 Å². The molecule has 1 amide bonds. The Morgan fingerprint density at radius 1 is 1.50 bits per heavy atom. The number of halogens is 1. The Kier molecular flexibility index (Phi) is 3.48. The second-order valence-electron chi connectivity index (χ2n) is 4.67. The number of carbonyl (C=O) groups is 1. The Balaban J connectivity index is 2.46. The van der Waals surface area contributed by atoms with Crippen LogP contribution >= 0.6 is 0 Å². The molecule has 1 fully saturated rings. The molecule has 14 heavy (non-hydrogen) atoms. The number of ether oxygens (including phenoxy) is 1. The van der Waals surface area contributed by atoms with E-state index in [0.717, 1.165) is 0 Å². The molecular formula is C10H18FNO2. The molecule has 2 atom stereocenters. The molecule has 0 N–H and O–H groups in total. The van der Waals surface area contributed by atoms with Crippen LogP contribution in [0.4, 0.5) is 4.39 Å². The lowest BCUT2D eigenvalue weighted by Crippen LogP contribution is -2.47. The number of nitrogens with zero attached hydrogens (tertiary/aromatic N) is 1. The Labute approximate surface area is 84.2 Å². The van der Waals surface area contributed by atoms with Crippen molar-refractivity contribution >= 4 is 6.41 Å². The summed E-state index contributed by atoms with van der Waals surface area (Å²) in [7, 11) is 0. The minimum Gasteiger partial charge on any atom is -0.369 e. The second kappa shape index (κ2) is 4.26. The molecule has 1 heterocycles. The fraction of sp³-hybridized carbons (Fsp3) is 0.900. The SMILES string of the molecule is CC(C)(C)OC1CCN(C=O)C[C@H]1F. The van der Waals surface area contributed by atoms with E-state index in [2.05, 4.69) is 0 Å². The summed E-state index contributed by atoms with van der Waals surface area (Å²) in [6.45, 7) is 6.47. The fourth-order valence-electron chi connectivity index (χ4n) is 1.59. The van der Waals surface area contributed by atoms with E-state index in [0.29, 0.717) is 19.4 Å². The third kappa shape index (κ3) is 3.25. The number of rotatable bonds is 2. The van der Waals surface area contributed by atoms with E-state index in [9.17, 15) is 9.18 Å². The van der Waals surface area contributed by atoms with Gasteiger partial charge in [0.05, 0.1) is 18.2 Å². The Morgan fingerprint density at radius 2 is 2.14 bits per heavy atom. The molecule has 4 heteroatoms. The van der Waals surface area contributed by atoms with Crippen molar-refractivity contribution in [3.8, 4) is 0 Å². The zero-order chi connectivity index (χ0) is 10.8. The smallest absolute Gasteiger partial charge is 0.209 e. The molecule has 0 aromatic heterocycles. The second-order valence-corrected chi connectivity index (χ2v) is 4.67. The number of hydrogen-bond acceptors (Lipinski definition) is 2. The van der Waals surface area contributed by atoms with Crippen molar-refractivity contribution in [2.24, 2.45) is 0 Å². The molecule has 1 unspecified atom stereocenters. The van der Waals surface area contributed by atoms with Gasteiger partial charge in [-0.25, -0.2) is 4.39 Å². The first kappa shape index (κ1) is 11.4. The molecule has 1 aliphatic rings. The summed E-state index contributed by atoms with van der Waals surface area (Å²) in [6, 6.07) is 0. The molecule has 1 saturated heterocycles. The quantitative estimate of drug-likeness (QED) is 0.634. The molecule has 1 rings (SSSR count). The maximum absolute atomic E-state index is 13.5. The zero-order valence-electron chi connectivity index (χ0n) is 9.00. The number of alkyl halides is 1. The van der Waals surface area contributed by atoms with Gasteiger partial charge in [-0.15, -0.1) is 0 Å². The number of piperidine rings is 1. The summed E-state index contributed by atoms with van der Waals surface area (Å²) in [5.74, 6) is 0. The van der Waals surface area contributed by atoms with Gasteiger partial charge >= 0.3 is 0 Å². The highest BCUT2D eigenvalue weighted by atomic mass is 19.1. The predicted octanol–water partition coefficient (Wildman–Crippen LogP) is 1.37. The minimum absolute atomic E-state index is 0.157. The van der Waals surface area contributed by atoms with Gasteiger partial charge in [-0.1, -0.05) is 0 Å². The van der Waals surface area contributed by atoms with Gasteiger partial charge in [0.1, 0.15) is 6.17 Å². The van der Waals surface area contributed by atoms with Gasteiger partial charge in [0.25, 0.3) is 0 Å². The van der Waals surface area contributed by atoms with Crippen LogP contribution in [0.2, 0.25) is 0 Å².